The fourth-order valence-corrected chi connectivity index (χ4v) is 4.25. The van der Waals surface area contributed by atoms with Crippen molar-refractivity contribution in [2.24, 2.45) is 0 Å². The number of anilines is 1. The average Bonchev–Trinajstić information content (AvgIpc) is 2.67. The molecule has 0 unspecified atom stereocenters. The highest BCUT2D eigenvalue weighted by molar-refractivity contribution is 7.92. The number of aryl methyl sites for hydroxylation is 2. The van der Waals surface area contributed by atoms with E-state index < -0.39 is 16.1 Å². The van der Waals surface area contributed by atoms with Crippen LogP contribution in [0.2, 0.25) is 0 Å². The number of nitrogens with zero attached hydrogens (tertiary/aromatic N) is 1. The topological polar surface area (TPSA) is 75.7 Å². The SMILES string of the molecule is CCOc1ccc(CCCNC(=O)[C@H](C)N(c2ccc(C)cc2)S(C)(=O)=O)cc1. The maximum Gasteiger partial charge on any atom is 0.243 e. The van der Waals surface area contributed by atoms with Crippen LogP contribution in [0.5, 0.6) is 5.75 Å². The Morgan fingerprint density at radius 3 is 2.28 bits per heavy atom. The first-order valence-corrected chi connectivity index (χ1v) is 11.6. The van der Waals surface area contributed by atoms with Gasteiger partial charge in [-0.15, -0.1) is 0 Å². The fourth-order valence-electron chi connectivity index (χ4n) is 3.07. The maximum atomic E-state index is 12.6. The molecule has 0 fully saturated rings. The van der Waals surface area contributed by atoms with Crippen molar-refractivity contribution < 1.29 is 17.9 Å². The summed E-state index contributed by atoms with van der Waals surface area (Å²) in [5.41, 5.74) is 2.66. The van der Waals surface area contributed by atoms with Gasteiger partial charge in [-0.05, 0) is 63.4 Å². The standard InChI is InChI=1S/C22H30N2O4S/c1-5-28-21-14-10-19(11-15-21)7-6-16-23-22(25)18(3)24(29(4,26)27)20-12-8-17(2)9-13-20/h8-15,18H,5-7,16H2,1-4H3,(H,23,25)/t18-/m0/s1. The monoisotopic (exact) mass is 418 g/mol. The predicted octanol–water partition coefficient (Wildman–Crippen LogP) is 3.30. The van der Waals surface area contributed by atoms with Crippen molar-refractivity contribution in [3.05, 3.63) is 59.7 Å². The third kappa shape index (κ3) is 6.78. The first-order valence-electron chi connectivity index (χ1n) is 9.78. The Hall–Kier alpha value is -2.54. The van der Waals surface area contributed by atoms with Crippen molar-refractivity contribution in [1.82, 2.24) is 5.32 Å². The molecule has 0 saturated heterocycles. The van der Waals surface area contributed by atoms with Crippen LogP contribution < -0.4 is 14.4 Å². The Bertz CT molecular complexity index is 893. The van der Waals surface area contributed by atoms with E-state index in [1.807, 2.05) is 50.2 Å². The molecule has 0 bridgehead atoms. The van der Waals surface area contributed by atoms with Gasteiger partial charge in [0.1, 0.15) is 11.8 Å². The van der Waals surface area contributed by atoms with Gasteiger partial charge in [-0.25, -0.2) is 8.42 Å². The number of amides is 1. The van der Waals surface area contributed by atoms with Crippen molar-refractivity contribution >= 4 is 21.6 Å². The number of rotatable bonds is 10. The lowest BCUT2D eigenvalue weighted by molar-refractivity contribution is -0.121. The van der Waals surface area contributed by atoms with Gasteiger partial charge >= 0.3 is 0 Å². The minimum absolute atomic E-state index is 0.317. The van der Waals surface area contributed by atoms with E-state index in [1.54, 1.807) is 19.1 Å². The van der Waals surface area contributed by atoms with E-state index in [0.29, 0.717) is 18.8 Å². The smallest absolute Gasteiger partial charge is 0.243 e. The van der Waals surface area contributed by atoms with Crippen molar-refractivity contribution in [3.8, 4) is 5.75 Å². The van der Waals surface area contributed by atoms with E-state index in [2.05, 4.69) is 5.32 Å². The third-order valence-corrected chi connectivity index (χ3v) is 5.79. The van der Waals surface area contributed by atoms with Crippen molar-refractivity contribution in [2.75, 3.05) is 23.7 Å². The molecule has 0 radical (unpaired) electrons. The molecule has 0 aliphatic carbocycles. The largest absolute Gasteiger partial charge is 0.494 e. The van der Waals surface area contributed by atoms with Gasteiger partial charge in [0.2, 0.25) is 15.9 Å². The summed E-state index contributed by atoms with van der Waals surface area (Å²) in [7, 11) is -3.60. The van der Waals surface area contributed by atoms with E-state index >= 15 is 0 Å². The highest BCUT2D eigenvalue weighted by Crippen LogP contribution is 2.21. The van der Waals surface area contributed by atoms with Crippen LogP contribution in [-0.4, -0.2) is 39.8 Å². The van der Waals surface area contributed by atoms with Crippen LogP contribution in [0.1, 0.15) is 31.4 Å². The molecule has 7 heteroatoms. The number of carbonyl (C=O) groups is 1. The Morgan fingerprint density at radius 1 is 1.10 bits per heavy atom. The van der Waals surface area contributed by atoms with E-state index in [1.165, 1.54) is 0 Å². The second-order valence-corrected chi connectivity index (χ2v) is 8.90. The summed E-state index contributed by atoms with van der Waals surface area (Å²) in [5, 5.41) is 2.85. The molecule has 0 heterocycles. The molecular formula is C22H30N2O4S. The molecule has 1 amide bonds. The van der Waals surface area contributed by atoms with Crippen molar-refractivity contribution in [2.45, 2.75) is 39.7 Å². The van der Waals surface area contributed by atoms with Gasteiger partial charge in [-0.2, -0.15) is 0 Å². The summed E-state index contributed by atoms with van der Waals surface area (Å²) in [4.78, 5) is 12.6. The van der Waals surface area contributed by atoms with Gasteiger partial charge in [0.15, 0.2) is 0 Å². The zero-order valence-corrected chi connectivity index (χ0v) is 18.3. The molecule has 29 heavy (non-hydrogen) atoms. The van der Waals surface area contributed by atoms with Crippen LogP contribution in [-0.2, 0) is 21.2 Å². The van der Waals surface area contributed by atoms with Crippen LogP contribution in [0.25, 0.3) is 0 Å². The average molecular weight is 419 g/mol. The molecule has 2 aromatic rings. The van der Waals surface area contributed by atoms with Crippen molar-refractivity contribution in [1.29, 1.82) is 0 Å². The number of carbonyl (C=O) groups excluding carboxylic acids is 1. The number of nitrogens with one attached hydrogen (secondary N) is 1. The Balaban J connectivity index is 1.91. The summed E-state index contributed by atoms with van der Waals surface area (Å²) in [6.07, 6.45) is 2.69. The Labute approximate surface area is 173 Å². The van der Waals surface area contributed by atoms with Crippen LogP contribution in [0, 0.1) is 6.92 Å². The Morgan fingerprint density at radius 2 is 1.72 bits per heavy atom. The minimum Gasteiger partial charge on any atom is -0.494 e. The van der Waals surface area contributed by atoms with E-state index in [0.717, 1.165) is 40.3 Å². The molecule has 0 aromatic heterocycles. The Kier molecular flexibility index (Phi) is 8.08. The van der Waals surface area contributed by atoms with Gasteiger partial charge in [0.05, 0.1) is 18.6 Å². The molecule has 0 aliphatic rings. The number of ether oxygens (including phenoxy) is 1. The lowest BCUT2D eigenvalue weighted by atomic mass is 10.1. The first-order chi connectivity index (χ1) is 13.7. The molecule has 1 N–H and O–H groups in total. The minimum atomic E-state index is -3.60. The first kappa shape index (κ1) is 22.7. The summed E-state index contributed by atoms with van der Waals surface area (Å²) in [6.45, 7) is 6.58. The van der Waals surface area contributed by atoms with Gasteiger partial charge in [0.25, 0.3) is 0 Å². The van der Waals surface area contributed by atoms with Crippen molar-refractivity contribution in [3.63, 3.8) is 0 Å². The predicted molar refractivity (Wildman–Crippen MR) is 117 cm³/mol. The van der Waals surface area contributed by atoms with E-state index in [-0.39, 0.29) is 5.91 Å². The molecule has 2 rings (SSSR count). The van der Waals surface area contributed by atoms with E-state index in [9.17, 15) is 13.2 Å². The molecule has 6 nitrogen and oxygen atoms in total. The molecule has 0 spiro atoms. The summed E-state index contributed by atoms with van der Waals surface area (Å²) >= 11 is 0. The molecule has 0 saturated carbocycles. The van der Waals surface area contributed by atoms with E-state index in [4.69, 9.17) is 4.74 Å². The molecule has 2 aromatic carbocycles. The highest BCUT2D eigenvalue weighted by Gasteiger charge is 2.28. The number of benzene rings is 2. The summed E-state index contributed by atoms with van der Waals surface area (Å²) in [5.74, 6) is 0.526. The van der Waals surface area contributed by atoms with Crippen LogP contribution in [0.4, 0.5) is 5.69 Å². The third-order valence-electron chi connectivity index (χ3n) is 4.55. The van der Waals surface area contributed by atoms with Crippen LogP contribution in [0.3, 0.4) is 0 Å². The lowest BCUT2D eigenvalue weighted by Gasteiger charge is -2.28. The molecule has 0 aliphatic heterocycles. The summed E-state index contributed by atoms with van der Waals surface area (Å²) < 4.78 is 31.2. The van der Waals surface area contributed by atoms with Gasteiger partial charge in [-0.1, -0.05) is 29.8 Å². The summed E-state index contributed by atoms with van der Waals surface area (Å²) in [6, 6.07) is 14.1. The fraction of sp³-hybridized carbons (Fsp3) is 0.409. The van der Waals surface area contributed by atoms with Gasteiger partial charge in [-0.3, -0.25) is 9.10 Å². The zero-order chi connectivity index (χ0) is 21.4. The molecular weight excluding hydrogens is 388 g/mol. The second kappa shape index (κ2) is 10.3. The van der Waals surface area contributed by atoms with Crippen LogP contribution >= 0.6 is 0 Å². The lowest BCUT2D eigenvalue weighted by Crippen LogP contribution is -2.48. The number of hydrogen-bond donors (Lipinski definition) is 1. The van der Waals surface area contributed by atoms with Gasteiger partial charge < -0.3 is 10.1 Å². The second-order valence-electron chi connectivity index (χ2n) is 7.04. The number of hydrogen-bond acceptors (Lipinski definition) is 4. The molecule has 1 atom stereocenters. The molecule has 158 valence electrons. The van der Waals surface area contributed by atoms with Crippen LogP contribution in [0.15, 0.2) is 48.5 Å². The maximum absolute atomic E-state index is 12.6. The zero-order valence-electron chi connectivity index (χ0n) is 17.5. The normalized spacial score (nSPS) is 12.3. The quantitative estimate of drug-likeness (QED) is 0.601. The number of sulfonamides is 1. The highest BCUT2D eigenvalue weighted by atomic mass is 32.2. The van der Waals surface area contributed by atoms with Gasteiger partial charge in [0, 0.05) is 6.54 Å².